The maximum absolute atomic E-state index is 12.7. The van der Waals surface area contributed by atoms with Crippen molar-refractivity contribution < 1.29 is 18.1 Å². The smallest absolute Gasteiger partial charge is 0.369 e. The maximum atomic E-state index is 12.7. The number of nitro benzene ring substituents is 1. The van der Waals surface area contributed by atoms with Gasteiger partial charge in [-0.1, -0.05) is 11.3 Å². The zero-order chi connectivity index (χ0) is 17.9. The van der Waals surface area contributed by atoms with E-state index in [2.05, 4.69) is 15.2 Å². The fourth-order valence-corrected chi connectivity index (χ4v) is 3.20. The van der Waals surface area contributed by atoms with Crippen LogP contribution in [0.1, 0.15) is 5.56 Å². The molecule has 1 aromatic carbocycles. The van der Waals surface area contributed by atoms with Gasteiger partial charge in [-0.15, -0.1) is 10.2 Å². The fraction of sp³-hybridized carbons (Fsp3) is 0.250. The van der Waals surface area contributed by atoms with Crippen molar-refractivity contribution in [2.45, 2.75) is 15.4 Å². The average Bonchev–Trinajstić information content (AvgIpc) is 2.91. The SMILES string of the molecule is CN(C)C=Nc1nnc(Sc2ccc(C(F)(F)F)cc2[N+](=O)[O-])s1. The highest BCUT2D eigenvalue weighted by Gasteiger charge is 2.33. The van der Waals surface area contributed by atoms with Gasteiger partial charge in [-0.3, -0.25) is 10.1 Å². The van der Waals surface area contributed by atoms with Crippen LogP contribution in [0.15, 0.2) is 32.4 Å². The number of aromatic nitrogens is 2. The summed E-state index contributed by atoms with van der Waals surface area (Å²) in [4.78, 5) is 15.9. The van der Waals surface area contributed by atoms with Crippen LogP contribution >= 0.6 is 23.1 Å². The third-order valence-corrected chi connectivity index (χ3v) is 4.42. The zero-order valence-electron chi connectivity index (χ0n) is 12.3. The second-order valence-corrected chi connectivity index (χ2v) is 6.84. The van der Waals surface area contributed by atoms with Gasteiger partial charge in [0.15, 0.2) is 4.34 Å². The number of rotatable bonds is 5. The third-order valence-electron chi connectivity index (χ3n) is 2.48. The molecule has 12 heteroatoms. The normalized spacial score (nSPS) is 11.9. The van der Waals surface area contributed by atoms with Crippen LogP contribution in [-0.2, 0) is 6.18 Å². The minimum atomic E-state index is -4.65. The summed E-state index contributed by atoms with van der Waals surface area (Å²) in [5.74, 6) is 0. The largest absolute Gasteiger partial charge is 0.416 e. The van der Waals surface area contributed by atoms with E-state index < -0.39 is 22.4 Å². The molecular weight excluding hydrogens is 367 g/mol. The Morgan fingerprint density at radius 1 is 1.38 bits per heavy atom. The molecule has 0 fully saturated rings. The Labute approximate surface area is 142 Å². The number of hydrogen-bond acceptors (Lipinski definition) is 7. The van der Waals surface area contributed by atoms with Gasteiger partial charge in [-0.05, 0) is 23.9 Å². The molecule has 0 bridgehead atoms. The van der Waals surface area contributed by atoms with E-state index in [4.69, 9.17) is 0 Å². The number of nitrogens with zero attached hydrogens (tertiary/aromatic N) is 5. The summed E-state index contributed by atoms with van der Waals surface area (Å²) in [5, 5.41) is 19.0. The molecule has 0 amide bonds. The molecule has 1 heterocycles. The maximum Gasteiger partial charge on any atom is 0.416 e. The third kappa shape index (κ3) is 4.64. The van der Waals surface area contributed by atoms with Crippen LogP contribution < -0.4 is 0 Å². The van der Waals surface area contributed by atoms with Crippen LogP contribution in [-0.4, -0.2) is 40.5 Å². The van der Waals surface area contributed by atoms with Gasteiger partial charge in [0.25, 0.3) is 5.69 Å². The van der Waals surface area contributed by atoms with Gasteiger partial charge in [0.05, 0.1) is 21.7 Å². The molecule has 0 unspecified atom stereocenters. The Bertz CT molecular complexity index is 776. The molecule has 0 aliphatic rings. The molecule has 1 aromatic heterocycles. The number of alkyl halides is 3. The van der Waals surface area contributed by atoms with Gasteiger partial charge in [0.1, 0.15) is 0 Å². The van der Waals surface area contributed by atoms with E-state index in [1.165, 1.54) is 6.34 Å². The Morgan fingerprint density at radius 2 is 2.08 bits per heavy atom. The highest BCUT2D eigenvalue weighted by Crippen LogP contribution is 2.40. The molecule has 2 aromatic rings. The van der Waals surface area contributed by atoms with Gasteiger partial charge in [-0.25, -0.2) is 4.99 Å². The molecule has 128 valence electrons. The van der Waals surface area contributed by atoms with Crippen molar-refractivity contribution in [1.29, 1.82) is 0 Å². The van der Waals surface area contributed by atoms with Gasteiger partial charge >= 0.3 is 6.18 Å². The summed E-state index contributed by atoms with van der Waals surface area (Å²) in [5.41, 5.74) is -1.71. The molecular formula is C12H10F3N5O2S2. The second kappa shape index (κ2) is 7.13. The molecule has 0 spiro atoms. The molecule has 24 heavy (non-hydrogen) atoms. The minimum absolute atomic E-state index is 0.0484. The van der Waals surface area contributed by atoms with Crippen LogP contribution in [0.5, 0.6) is 0 Å². The van der Waals surface area contributed by atoms with Gasteiger partial charge in [-0.2, -0.15) is 13.2 Å². The second-order valence-electron chi connectivity index (χ2n) is 4.60. The van der Waals surface area contributed by atoms with Crippen LogP contribution in [0.25, 0.3) is 0 Å². The minimum Gasteiger partial charge on any atom is -0.369 e. The summed E-state index contributed by atoms with van der Waals surface area (Å²) in [6, 6.07) is 2.35. The van der Waals surface area contributed by atoms with E-state index in [1.54, 1.807) is 19.0 Å². The van der Waals surface area contributed by atoms with Crippen molar-refractivity contribution in [3.63, 3.8) is 0 Å². The molecule has 0 aliphatic carbocycles. The predicted molar refractivity (Wildman–Crippen MR) is 84.0 cm³/mol. The summed E-state index contributed by atoms with van der Waals surface area (Å²) >= 11 is 1.94. The van der Waals surface area contributed by atoms with E-state index in [-0.39, 0.29) is 4.90 Å². The number of halogens is 3. The first-order chi connectivity index (χ1) is 11.2. The number of benzene rings is 1. The van der Waals surface area contributed by atoms with E-state index in [0.29, 0.717) is 15.5 Å². The van der Waals surface area contributed by atoms with Gasteiger partial charge < -0.3 is 4.90 Å². The van der Waals surface area contributed by atoms with Crippen LogP contribution in [0.4, 0.5) is 24.0 Å². The van der Waals surface area contributed by atoms with E-state index in [9.17, 15) is 23.3 Å². The molecule has 0 aliphatic heterocycles. The summed E-state index contributed by atoms with van der Waals surface area (Å²) < 4.78 is 38.4. The van der Waals surface area contributed by atoms with E-state index >= 15 is 0 Å². The number of aliphatic imine (C=N–C) groups is 1. The predicted octanol–water partition coefficient (Wildman–Crippen LogP) is 3.84. The molecule has 0 N–H and O–H groups in total. The molecule has 7 nitrogen and oxygen atoms in total. The lowest BCUT2D eigenvalue weighted by atomic mass is 10.2. The molecule has 2 rings (SSSR count). The monoisotopic (exact) mass is 377 g/mol. The Balaban J connectivity index is 2.28. The lowest BCUT2D eigenvalue weighted by Gasteiger charge is -2.07. The summed E-state index contributed by atoms with van der Waals surface area (Å²) in [6.07, 6.45) is -3.14. The zero-order valence-corrected chi connectivity index (χ0v) is 13.9. The van der Waals surface area contributed by atoms with E-state index in [0.717, 1.165) is 35.2 Å². The van der Waals surface area contributed by atoms with Crippen LogP contribution in [0, 0.1) is 10.1 Å². The first-order valence-corrected chi connectivity index (χ1v) is 7.87. The summed E-state index contributed by atoms with van der Waals surface area (Å²) in [7, 11) is 3.54. The van der Waals surface area contributed by atoms with Gasteiger partial charge in [0.2, 0.25) is 5.13 Å². The van der Waals surface area contributed by atoms with Crippen LogP contribution in [0.2, 0.25) is 0 Å². The molecule has 0 saturated heterocycles. The standard InChI is InChI=1S/C12H10F3N5O2S2/c1-19(2)6-16-10-17-18-11(24-10)23-9-4-3-7(12(13,14)15)5-8(9)20(21)22/h3-6H,1-2H3. The quantitative estimate of drug-likeness (QED) is 0.341. The van der Waals surface area contributed by atoms with Crippen molar-refractivity contribution in [3.05, 3.63) is 33.9 Å². The van der Waals surface area contributed by atoms with E-state index in [1.807, 2.05) is 0 Å². The summed E-state index contributed by atoms with van der Waals surface area (Å²) in [6.45, 7) is 0. The van der Waals surface area contributed by atoms with Crippen molar-refractivity contribution in [1.82, 2.24) is 15.1 Å². The van der Waals surface area contributed by atoms with Crippen LogP contribution in [0.3, 0.4) is 0 Å². The fourth-order valence-electron chi connectivity index (χ4n) is 1.48. The molecule has 0 saturated carbocycles. The van der Waals surface area contributed by atoms with Crippen molar-refractivity contribution in [2.75, 3.05) is 14.1 Å². The number of nitro groups is 1. The highest BCUT2D eigenvalue weighted by atomic mass is 32.2. The average molecular weight is 377 g/mol. The lowest BCUT2D eigenvalue weighted by Crippen LogP contribution is -2.06. The Kier molecular flexibility index (Phi) is 5.39. The topological polar surface area (TPSA) is 84.5 Å². The molecule has 0 atom stereocenters. The first-order valence-electron chi connectivity index (χ1n) is 6.24. The van der Waals surface area contributed by atoms with Crippen molar-refractivity contribution >= 4 is 40.3 Å². The highest BCUT2D eigenvalue weighted by molar-refractivity contribution is 8.01. The van der Waals surface area contributed by atoms with Crippen molar-refractivity contribution in [3.8, 4) is 0 Å². The Hall–Kier alpha value is -2.21. The number of hydrogen-bond donors (Lipinski definition) is 0. The lowest BCUT2D eigenvalue weighted by molar-refractivity contribution is -0.388. The van der Waals surface area contributed by atoms with Crippen molar-refractivity contribution in [2.24, 2.45) is 4.99 Å². The Morgan fingerprint density at radius 3 is 2.67 bits per heavy atom. The van der Waals surface area contributed by atoms with Gasteiger partial charge in [0, 0.05) is 20.2 Å². The molecule has 0 radical (unpaired) electrons. The first kappa shape index (κ1) is 18.1.